The van der Waals surface area contributed by atoms with E-state index in [0.717, 1.165) is 0 Å². The van der Waals surface area contributed by atoms with Crippen LogP contribution in [0.1, 0.15) is 26.3 Å². The van der Waals surface area contributed by atoms with Crippen LogP contribution in [0.3, 0.4) is 0 Å². The van der Waals surface area contributed by atoms with Gasteiger partial charge in [0.2, 0.25) is 5.91 Å². The highest BCUT2D eigenvalue weighted by Crippen LogP contribution is 2.09. The van der Waals surface area contributed by atoms with Gasteiger partial charge >= 0.3 is 0 Å². The molecular weight excluding hydrogens is 267 g/mol. The van der Waals surface area contributed by atoms with Crippen LogP contribution in [0.5, 0.6) is 0 Å². The molecule has 19 heavy (non-hydrogen) atoms. The van der Waals surface area contributed by atoms with Gasteiger partial charge in [0.05, 0.1) is 0 Å². The van der Waals surface area contributed by atoms with Crippen LogP contribution < -0.4 is 11.1 Å². The number of amides is 1. The van der Waals surface area contributed by atoms with Crippen LogP contribution in [0.2, 0.25) is 0 Å². The molecule has 0 saturated carbocycles. The van der Waals surface area contributed by atoms with E-state index in [-0.39, 0.29) is 42.1 Å². The first-order chi connectivity index (χ1) is 8.41. The van der Waals surface area contributed by atoms with Crippen molar-refractivity contribution in [3.05, 3.63) is 35.6 Å². The van der Waals surface area contributed by atoms with Crippen molar-refractivity contribution in [1.29, 1.82) is 0 Å². The molecular formula is C14H22ClFN2O. The molecule has 0 radical (unpaired) electrons. The van der Waals surface area contributed by atoms with Gasteiger partial charge in [0.25, 0.3) is 0 Å². The van der Waals surface area contributed by atoms with Crippen LogP contribution >= 0.6 is 12.4 Å². The third-order valence-corrected chi connectivity index (χ3v) is 3.07. The van der Waals surface area contributed by atoms with Gasteiger partial charge in [-0.15, -0.1) is 12.4 Å². The summed E-state index contributed by atoms with van der Waals surface area (Å²) in [6, 6.07) is 6.29. The molecule has 0 aliphatic rings. The second-order valence-electron chi connectivity index (χ2n) is 4.85. The predicted octanol–water partition coefficient (Wildman–Crippen LogP) is 2.28. The molecule has 1 aromatic rings. The lowest BCUT2D eigenvalue weighted by atomic mass is 10.0. The zero-order chi connectivity index (χ0) is 13.7. The van der Waals surface area contributed by atoms with Crippen molar-refractivity contribution >= 4 is 18.3 Å². The Morgan fingerprint density at radius 1 is 1.32 bits per heavy atom. The van der Waals surface area contributed by atoms with E-state index in [4.69, 9.17) is 5.73 Å². The van der Waals surface area contributed by atoms with E-state index in [1.54, 1.807) is 32.0 Å². The molecule has 0 aliphatic carbocycles. The molecule has 1 rings (SSSR count). The van der Waals surface area contributed by atoms with Gasteiger partial charge in [-0.05, 0) is 31.9 Å². The van der Waals surface area contributed by atoms with Crippen LogP contribution in [0.4, 0.5) is 4.39 Å². The SMILES string of the molecule is CC(Cc1ccccc1F)NC(=O)C(C)C(C)N.Cl. The summed E-state index contributed by atoms with van der Waals surface area (Å²) >= 11 is 0. The van der Waals surface area contributed by atoms with Crippen LogP contribution in [0.15, 0.2) is 24.3 Å². The fourth-order valence-electron chi connectivity index (χ4n) is 1.66. The van der Waals surface area contributed by atoms with Crippen molar-refractivity contribution in [2.24, 2.45) is 11.7 Å². The maximum absolute atomic E-state index is 13.4. The molecule has 0 aliphatic heterocycles. The minimum atomic E-state index is -0.243. The fourth-order valence-corrected chi connectivity index (χ4v) is 1.66. The average Bonchev–Trinajstić information content (AvgIpc) is 2.30. The number of hydrogen-bond donors (Lipinski definition) is 2. The molecule has 0 aromatic heterocycles. The van der Waals surface area contributed by atoms with Gasteiger partial charge in [-0.1, -0.05) is 25.1 Å². The van der Waals surface area contributed by atoms with Gasteiger partial charge in [0.15, 0.2) is 0 Å². The molecule has 5 heteroatoms. The number of rotatable bonds is 5. The van der Waals surface area contributed by atoms with Crippen molar-refractivity contribution in [3.63, 3.8) is 0 Å². The molecule has 0 heterocycles. The predicted molar refractivity (Wildman–Crippen MR) is 77.8 cm³/mol. The summed E-state index contributed by atoms with van der Waals surface area (Å²) in [4.78, 5) is 11.8. The van der Waals surface area contributed by atoms with Crippen molar-refractivity contribution < 1.29 is 9.18 Å². The Hall–Kier alpha value is -1.13. The van der Waals surface area contributed by atoms with Crippen molar-refractivity contribution in [2.45, 2.75) is 39.3 Å². The number of carbonyl (C=O) groups is 1. The van der Waals surface area contributed by atoms with Gasteiger partial charge in [0, 0.05) is 18.0 Å². The Labute approximate surface area is 120 Å². The standard InChI is InChI=1S/C14H21FN2O.ClH/c1-9(17-14(18)10(2)11(3)16)8-12-6-4-5-7-13(12)15;/h4-7,9-11H,8,16H2,1-3H3,(H,17,18);1H. The number of benzene rings is 1. The first-order valence-corrected chi connectivity index (χ1v) is 6.21. The van der Waals surface area contributed by atoms with Crippen LogP contribution in [-0.4, -0.2) is 18.0 Å². The molecule has 3 atom stereocenters. The maximum atomic E-state index is 13.4. The highest BCUT2D eigenvalue weighted by atomic mass is 35.5. The number of nitrogens with two attached hydrogens (primary N) is 1. The first kappa shape index (κ1) is 17.9. The summed E-state index contributed by atoms with van der Waals surface area (Å²) in [6.45, 7) is 5.44. The smallest absolute Gasteiger partial charge is 0.224 e. The minimum absolute atomic E-state index is 0. The van der Waals surface area contributed by atoms with Gasteiger partial charge < -0.3 is 11.1 Å². The van der Waals surface area contributed by atoms with E-state index in [2.05, 4.69) is 5.32 Å². The van der Waals surface area contributed by atoms with Crippen LogP contribution in [0.25, 0.3) is 0 Å². The highest BCUT2D eigenvalue weighted by Gasteiger charge is 2.19. The average molecular weight is 289 g/mol. The third-order valence-electron chi connectivity index (χ3n) is 3.07. The normalized spacial score (nSPS) is 15.0. The minimum Gasteiger partial charge on any atom is -0.353 e. The Bertz CT molecular complexity index is 412. The lowest BCUT2D eigenvalue weighted by Gasteiger charge is -2.19. The van der Waals surface area contributed by atoms with E-state index >= 15 is 0 Å². The van der Waals surface area contributed by atoms with Crippen LogP contribution in [-0.2, 0) is 11.2 Å². The van der Waals surface area contributed by atoms with Gasteiger partial charge in [-0.2, -0.15) is 0 Å². The third kappa shape index (κ3) is 5.57. The largest absolute Gasteiger partial charge is 0.353 e. The molecule has 0 bridgehead atoms. The van der Waals surface area contributed by atoms with E-state index in [0.29, 0.717) is 12.0 Å². The van der Waals surface area contributed by atoms with Crippen molar-refractivity contribution in [2.75, 3.05) is 0 Å². The van der Waals surface area contributed by atoms with E-state index < -0.39 is 0 Å². The summed E-state index contributed by atoms with van der Waals surface area (Å²) in [6.07, 6.45) is 0.476. The summed E-state index contributed by atoms with van der Waals surface area (Å²) in [5.41, 5.74) is 6.28. The fraction of sp³-hybridized carbons (Fsp3) is 0.500. The molecule has 0 fully saturated rings. The number of halogens is 2. The molecule has 108 valence electrons. The van der Waals surface area contributed by atoms with E-state index in [9.17, 15) is 9.18 Å². The second kappa shape index (κ2) is 8.12. The van der Waals surface area contributed by atoms with E-state index in [1.165, 1.54) is 6.07 Å². The number of nitrogens with one attached hydrogen (secondary N) is 1. The zero-order valence-corrected chi connectivity index (χ0v) is 12.3. The van der Waals surface area contributed by atoms with Gasteiger partial charge in [0.1, 0.15) is 5.82 Å². The van der Waals surface area contributed by atoms with Gasteiger partial charge in [-0.25, -0.2) is 4.39 Å². The molecule has 0 saturated heterocycles. The quantitative estimate of drug-likeness (QED) is 0.873. The summed E-state index contributed by atoms with van der Waals surface area (Å²) in [7, 11) is 0. The highest BCUT2D eigenvalue weighted by molar-refractivity contribution is 5.85. The number of hydrogen-bond acceptors (Lipinski definition) is 2. The van der Waals surface area contributed by atoms with Crippen molar-refractivity contribution in [1.82, 2.24) is 5.32 Å². The first-order valence-electron chi connectivity index (χ1n) is 6.21. The molecule has 3 N–H and O–H groups in total. The Balaban J connectivity index is 0.00000324. The number of carbonyl (C=O) groups excluding carboxylic acids is 1. The monoisotopic (exact) mass is 288 g/mol. The van der Waals surface area contributed by atoms with E-state index in [1.807, 2.05) is 6.92 Å². The molecule has 3 nitrogen and oxygen atoms in total. The Morgan fingerprint density at radius 3 is 2.42 bits per heavy atom. The topological polar surface area (TPSA) is 55.1 Å². The second-order valence-corrected chi connectivity index (χ2v) is 4.85. The summed E-state index contributed by atoms with van der Waals surface area (Å²) in [5, 5.41) is 2.85. The lowest BCUT2D eigenvalue weighted by molar-refractivity contribution is -0.125. The Morgan fingerprint density at radius 2 is 1.89 bits per heavy atom. The lowest BCUT2D eigenvalue weighted by Crippen LogP contribution is -2.43. The zero-order valence-electron chi connectivity index (χ0n) is 11.5. The summed E-state index contributed by atoms with van der Waals surface area (Å²) < 4.78 is 13.4. The molecule has 1 amide bonds. The molecule has 1 aromatic carbocycles. The van der Waals surface area contributed by atoms with Crippen LogP contribution in [0, 0.1) is 11.7 Å². The Kier molecular flexibility index (Phi) is 7.64. The van der Waals surface area contributed by atoms with Crippen molar-refractivity contribution in [3.8, 4) is 0 Å². The maximum Gasteiger partial charge on any atom is 0.224 e. The summed E-state index contributed by atoms with van der Waals surface area (Å²) in [5.74, 6) is -0.569. The molecule has 3 unspecified atom stereocenters. The van der Waals surface area contributed by atoms with Gasteiger partial charge in [-0.3, -0.25) is 4.79 Å². The molecule has 0 spiro atoms.